The van der Waals surface area contributed by atoms with Gasteiger partial charge >= 0.3 is 0 Å². The fraction of sp³-hybridized carbons (Fsp3) is 0.429. The predicted octanol–water partition coefficient (Wildman–Crippen LogP) is 1.63. The molecule has 108 valence electrons. The SMILES string of the molecule is CC1(C(N)=S)CCN(C(=O)c2cc(O)ccc2O)CC1. The highest BCUT2D eigenvalue weighted by molar-refractivity contribution is 7.80. The average molecular weight is 294 g/mol. The molecule has 1 saturated heterocycles. The number of carbonyl (C=O) groups is 1. The van der Waals surface area contributed by atoms with Crippen molar-refractivity contribution in [1.82, 2.24) is 4.90 Å². The van der Waals surface area contributed by atoms with Gasteiger partial charge in [-0.3, -0.25) is 4.79 Å². The van der Waals surface area contributed by atoms with E-state index in [1.807, 2.05) is 6.92 Å². The number of rotatable bonds is 2. The van der Waals surface area contributed by atoms with Crippen molar-refractivity contribution in [2.24, 2.45) is 11.1 Å². The molecule has 2 rings (SSSR count). The van der Waals surface area contributed by atoms with Gasteiger partial charge in [-0.2, -0.15) is 0 Å². The number of phenols is 2. The normalized spacial score (nSPS) is 17.8. The molecule has 1 amide bonds. The Bertz CT molecular complexity index is 551. The molecule has 0 aromatic heterocycles. The maximum absolute atomic E-state index is 12.3. The van der Waals surface area contributed by atoms with E-state index in [2.05, 4.69) is 0 Å². The van der Waals surface area contributed by atoms with Gasteiger partial charge in [-0.05, 0) is 31.0 Å². The second-order valence-electron chi connectivity index (χ2n) is 5.42. The third kappa shape index (κ3) is 2.70. The molecule has 1 aliphatic heterocycles. The van der Waals surface area contributed by atoms with Gasteiger partial charge in [-0.25, -0.2) is 0 Å². The molecular formula is C14H18N2O3S. The van der Waals surface area contributed by atoms with Gasteiger partial charge in [0.1, 0.15) is 11.5 Å². The Morgan fingerprint density at radius 2 is 1.95 bits per heavy atom. The zero-order valence-corrected chi connectivity index (χ0v) is 12.1. The summed E-state index contributed by atoms with van der Waals surface area (Å²) >= 11 is 5.07. The number of nitrogens with two attached hydrogens (primary N) is 1. The predicted molar refractivity (Wildman–Crippen MR) is 79.8 cm³/mol. The van der Waals surface area contributed by atoms with Crippen LogP contribution >= 0.6 is 12.2 Å². The zero-order valence-electron chi connectivity index (χ0n) is 11.3. The van der Waals surface area contributed by atoms with Crippen molar-refractivity contribution in [3.05, 3.63) is 23.8 Å². The molecule has 1 aliphatic rings. The van der Waals surface area contributed by atoms with Crippen LogP contribution < -0.4 is 5.73 Å². The van der Waals surface area contributed by atoms with E-state index in [1.54, 1.807) is 4.90 Å². The molecule has 20 heavy (non-hydrogen) atoms. The first kappa shape index (κ1) is 14.6. The highest BCUT2D eigenvalue weighted by Crippen LogP contribution is 2.32. The van der Waals surface area contributed by atoms with Gasteiger partial charge in [-0.1, -0.05) is 19.1 Å². The maximum Gasteiger partial charge on any atom is 0.257 e. The van der Waals surface area contributed by atoms with Gasteiger partial charge in [0.2, 0.25) is 0 Å². The lowest BCUT2D eigenvalue weighted by molar-refractivity contribution is 0.0667. The summed E-state index contributed by atoms with van der Waals surface area (Å²) < 4.78 is 0. The third-order valence-corrected chi connectivity index (χ3v) is 4.45. The molecule has 1 fully saturated rings. The maximum atomic E-state index is 12.3. The first-order valence-corrected chi connectivity index (χ1v) is 6.85. The van der Waals surface area contributed by atoms with E-state index in [0.29, 0.717) is 30.9 Å². The van der Waals surface area contributed by atoms with Crippen LogP contribution in [0.1, 0.15) is 30.1 Å². The molecule has 1 aromatic carbocycles. The number of nitrogens with zero attached hydrogens (tertiary/aromatic N) is 1. The van der Waals surface area contributed by atoms with E-state index in [9.17, 15) is 15.0 Å². The van der Waals surface area contributed by atoms with E-state index in [1.165, 1.54) is 18.2 Å². The fourth-order valence-electron chi connectivity index (χ4n) is 2.32. The van der Waals surface area contributed by atoms with Crippen LogP contribution in [0, 0.1) is 5.41 Å². The quantitative estimate of drug-likeness (QED) is 0.570. The van der Waals surface area contributed by atoms with Crippen molar-refractivity contribution in [2.45, 2.75) is 19.8 Å². The first-order valence-electron chi connectivity index (χ1n) is 6.45. The second-order valence-corrected chi connectivity index (χ2v) is 5.86. The van der Waals surface area contributed by atoms with Crippen molar-refractivity contribution in [3.63, 3.8) is 0 Å². The summed E-state index contributed by atoms with van der Waals surface area (Å²) in [6, 6.07) is 3.93. The molecule has 6 heteroatoms. The minimum atomic E-state index is -0.289. The molecule has 1 aromatic rings. The lowest BCUT2D eigenvalue weighted by Gasteiger charge is -2.38. The Hall–Kier alpha value is -1.82. The Kier molecular flexibility index (Phi) is 3.85. The largest absolute Gasteiger partial charge is 0.508 e. The summed E-state index contributed by atoms with van der Waals surface area (Å²) in [7, 11) is 0. The number of carbonyl (C=O) groups excluding carboxylic acids is 1. The van der Waals surface area contributed by atoms with Gasteiger partial charge in [0.05, 0.1) is 10.6 Å². The molecule has 5 nitrogen and oxygen atoms in total. The lowest BCUT2D eigenvalue weighted by atomic mass is 9.80. The Labute approximate surface area is 123 Å². The Morgan fingerprint density at radius 3 is 2.50 bits per heavy atom. The second kappa shape index (κ2) is 5.28. The van der Waals surface area contributed by atoms with Crippen LogP contribution in [0.15, 0.2) is 18.2 Å². The number of hydrogen-bond acceptors (Lipinski definition) is 4. The summed E-state index contributed by atoms with van der Waals surface area (Å²) in [6.45, 7) is 3.06. The number of phenolic OH excluding ortho intramolecular Hbond substituents is 2. The number of hydrogen-bond donors (Lipinski definition) is 3. The highest BCUT2D eigenvalue weighted by atomic mass is 32.1. The highest BCUT2D eigenvalue weighted by Gasteiger charge is 2.34. The van der Waals surface area contributed by atoms with Gasteiger partial charge in [0, 0.05) is 18.5 Å². The summed E-state index contributed by atoms with van der Waals surface area (Å²) in [5, 5.41) is 19.2. The molecule has 0 radical (unpaired) electrons. The van der Waals surface area contributed by atoms with E-state index < -0.39 is 0 Å². The molecule has 0 spiro atoms. The fourth-order valence-corrected chi connectivity index (χ4v) is 2.52. The number of amides is 1. The Morgan fingerprint density at radius 1 is 1.35 bits per heavy atom. The van der Waals surface area contributed by atoms with Gasteiger partial charge in [-0.15, -0.1) is 0 Å². The van der Waals surface area contributed by atoms with Crippen LogP contribution in [0.3, 0.4) is 0 Å². The van der Waals surface area contributed by atoms with Crippen LogP contribution in [0.5, 0.6) is 11.5 Å². The third-order valence-electron chi connectivity index (χ3n) is 3.96. The van der Waals surface area contributed by atoms with Crippen LogP contribution in [0.25, 0.3) is 0 Å². The van der Waals surface area contributed by atoms with Crippen molar-refractivity contribution >= 4 is 23.1 Å². The van der Waals surface area contributed by atoms with E-state index >= 15 is 0 Å². The van der Waals surface area contributed by atoms with Crippen molar-refractivity contribution in [1.29, 1.82) is 0 Å². The standard InChI is InChI=1S/C14H18N2O3S/c1-14(13(15)20)4-6-16(7-5-14)12(19)10-8-9(17)2-3-11(10)18/h2-3,8,17-18H,4-7H2,1H3,(H2,15,20). The summed E-state index contributed by atoms with van der Waals surface area (Å²) in [5.74, 6) is -0.463. The molecular weight excluding hydrogens is 276 g/mol. The van der Waals surface area contributed by atoms with Crippen molar-refractivity contribution < 1.29 is 15.0 Å². The van der Waals surface area contributed by atoms with E-state index in [0.717, 1.165) is 0 Å². The average Bonchev–Trinajstić information content (AvgIpc) is 2.41. The number of likely N-dealkylation sites (tertiary alicyclic amines) is 1. The van der Waals surface area contributed by atoms with Gasteiger partial charge in [0.25, 0.3) is 5.91 Å². The van der Waals surface area contributed by atoms with Crippen LogP contribution in [0.2, 0.25) is 0 Å². The molecule has 4 N–H and O–H groups in total. The van der Waals surface area contributed by atoms with Crippen LogP contribution in [0.4, 0.5) is 0 Å². The zero-order chi connectivity index (χ0) is 14.9. The molecule has 0 unspecified atom stereocenters. The molecule has 0 aliphatic carbocycles. The summed E-state index contributed by atoms with van der Waals surface area (Å²) in [6.07, 6.45) is 1.40. The van der Waals surface area contributed by atoms with Crippen molar-refractivity contribution in [3.8, 4) is 11.5 Å². The van der Waals surface area contributed by atoms with Crippen LogP contribution in [-0.2, 0) is 0 Å². The monoisotopic (exact) mass is 294 g/mol. The van der Waals surface area contributed by atoms with Crippen LogP contribution in [-0.4, -0.2) is 39.1 Å². The summed E-state index contributed by atoms with van der Waals surface area (Å²) in [4.78, 5) is 14.5. The number of piperidine rings is 1. The van der Waals surface area contributed by atoms with E-state index in [-0.39, 0.29) is 28.4 Å². The topological polar surface area (TPSA) is 86.8 Å². The Balaban J connectivity index is 2.13. The number of thiocarbonyl (C=S) groups is 1. The minimum Gasteiger partial charge on any atom is -0.508 e. The number of aromatic hydroxyl groups is 2. The first-order chi connectivity index (χ1) is 9.33. The molecule has 0 bridgehead atoms. The van der Waals surface area contributed by atoms with Gasteiger partial charge < -0.3 is 20.8 Å². The van der Waals surface area contributed by atoms with E-state index in [4.69, 9.17) is 18.0 Å². The molecule has 1 heterocycles. The summed E-state index contributed by atoms with van der Waals surface area (Å²) in [5.41, 5.74) is 5.63. The van der Waals surface area contributed by atoms with Crippen molar-refractivity contribution in [2.75, 3.05) is 13.1 Å². The lowest BCUT2D eigenvalue weighted by Crippen LogP contribution is -2.46. The number of benzene rings is 1. The smallest absolute Gasteiger partial charge is 0.257 e. The van der Waals surface area contributed by atoms with Gasteiger partial charge in [0.15, 0.2) is 0 Å². The minimum absolute atomic E-state index is 0.0452. The molecule has 0 saturated carbocycles. The molecule has 0 atom stereocenters.